The Morgan fingerprint density at radius 2 is 2.00 bits per heavy atom. The molecular weight excluding hydrogens is 412 g/mol. The zero-order valence-corrected chi connectivity index (χ0v) is 18.1. The second kappa shape index (κ2) is 7.94. The Hall–Kier alpha value is -4.39. The Bertz CT molecular complexity index is 1560. The van der Waals surface area contributed by atoms with Crippen molar-refractivity contribution in [2.75, 3.05) is 5.32 Å². The van der Waals surface area contributed by atoms with Crippen molar-refractivity contribution in [2.45, 2.75) is 20.0 Å². The molecule has 0 unspecified atom stereocenters. The van der Waals surface area contributed by atoms with Crippen LogP contribution in [-0.2, 0) is 13.1 Å². The Kier molecular flexibility index (Phi) is 4.65. The third kappa shape index (κ3) is 3.63. The summed E-state index contributed by atoms with van der Waals surface area (Å²) in [5.74, 6) is 1.50. The lowest BCUT2D eigenvalue weighted by molar-refractivity contribution is 0.517. The smallest absolute Gasteiger partial charge is 0.210 e. The molecule has 1 N–H and O–H groups in total. The van der Waals surface area contributed by atoms with Crippen LogP contribution in [0.3, 0.4) is 0 Å². The number of aryl methyl sites for hydroxylation is 1. The van der Waals surface area contributed by atoms with E-state index in [2.05, 4.69) is 86.7 Å². The Labute approximate surface area is 190 Å². The van der Waals surface area contributed by atoms with Crippen molar-refractivity contribution in [2.24, 2.45) is 0 Å². The number of rotatable bonds is 6. The molecule has 4 aromatic heterocycles. The van der Waals surface area contributed by atoms with Gasteiger partial charge in [-0.2, -0.15) is 0 Å². The van der Waals surface area contributed by atoms with Crippen molar-refractivity contribution in [3.8, 4) is 11.1 Å². The molecular formula is C26H22N6O. The number of benzene rings is 2. The van der Waals surface area contributed by atoms with Gasteiger partial charge in [0.15, 0.2) is 5.65 Å². The molecule has 0 aliphatic rings. The van der Waals surface area contributed by atoms with Gasteiger partial charge in [0.05, 0.1) is 12.8 Å². The highest BCUT2D eigenvalue weighted by Gasteiger charge is 2.13. The summed E-state index contributed by atoms with van der Waals surface area (Å²) >= 11 is 0. The van der Waals surface area contributed by atoms with Gasteiger partial charge in [0, 0.05) is 35.4 Å². The minimum Gasteiger partial charge on any atom is -0.467 e. The molecule has 0 bridgehead atoms. The minimum absolute atomic E-state index is 0.535. The van der Waals surface area contributed by atoms with Gasteiger partial charge in [0.2, 0.25) is 5.95 Å². The van der Waals surface area contributed by atoms with Crippen molar-refractivity contribution < 1.29 is 4.42 Å². The topological polar surface area (TPSA) is 73.2 Å². The maximum absolute atomic E-state index is 5.40. The third-order valence-corrected chi connectivity index (χ3v) is 5.85. The van der Waals surface area contributed by atoms with Crippen molar-refractivity contribution in [3.63, 3.8) is 0 Å². The Morgan fingerprint density at radius 1 is 1.03 bits per heavy atom. The fourth-order valence-electron chi connectivity index (χ4n) is 4.25. The third-order valence-electron chi connectivity index (χ3n) is 5.85. The zero-order valence-electron chi connectivity index (χ0n) is 18.1. The number of aromatic nitrogens is 5. The van der Waals surface area contributed by atoms with E-state index in [0.29, 0.717) is 12.5 Å². The van der Waals surface area contributed by atoms with E-state index in [1.165, 1.54) is 22.0 Å². The molecule has 0 saturated heterocycles. The summed E-state index contributed by atoms with van der Waals surface area (Å²) in [4.78, 5) is 4.63. The molecule has 6 rings (SSSR count). The average molecular weight is 435 g/mol. The molecule has 0 spiro atoms. The molecule has 0 saturated carbocycles. The normalized spacial score (nSPS) is 11.4. The van der Waals surface area contributed by atoms with Gasteiger partial charge in [-0.1, -0.05) is 35.9 Å². The van der Waals surface area contributed by atoms with Crippen LogP contribution in [0.1, 0.15) is 16.9 Å². The Balaban J connectivity index is 1.32. The van der Waals surface area contributed by atoms with Crippen molar-refractivity contribution in [1.29, 1.82) is 0 Å². The number of hydrogen-bond donors (Lipinski definition) is 1. The molecule has 162 valence electrons. The first-order chi connectivity index (χ1) is 16.2. The molecule has 2 aromatic carbocycles. The molecule has 7 nitrogen and oxygen atoms in total. The standard InChI is InChI=1S/C26H22N6O/c1-18-4-2-5-19(12-18)16-31-10-9-21-13-20(7-8-24(21)31)23-15-28-26(32-17-29-30-25(23)32)27-14-22-6-3-11-33-22/h2-13,15,17H,14,16H2,1H3,(H,27,28). The van der Waals surface area contributed by atoms with Crippen molar-refractivity contribution in [1.82, 2.24) is 24.1 Å². The predicted molar refractivity (Wildman–Crippen MR) is 128 cm³/mol. The maximum atomic E-state index is 5.40. The van der Waals surface area contributed by atoms with Crippen LogP contribution in [0.15, 0.2) is 90.1 Å². The van der Waals surface area contributed by atoms with Gasteiger partial charge in [-0.25, -0.2) is 4.98 Å². The maximum Gasteiger partial charge on any atom is 0.210 e. The summed E-state index contributed by atoms with van der Waals surface area (Å²) in [5, 5.41) is 12.9. The first-order valence-electron chi connectivity index (χ1n) is 10.8. The van der Waals surface area contributed by atoms with E-state index in [-0.39, 0.29) is 0 Å². The fraction of sp³-hybridized carbons (Fsp3) is 0.115. The van der Waals surface area contributed by atoms with E-state index < -0.39 is 0 Å². The lowest BCUT2D eigenvalue weighted by Gasteiger charge is -2.10. The molecule has 0 aliphatic heterocycles. The van der Waals surface area contributed by atoms with E-state index in [9.17, 15) is 0 Å². The molecule has 0 radical (unpaired) electrons. The lowest BCUT2D eigenvalue weighted by Crippen LogP contribution is -2.06. The summed E-state index contributed by atoms with van der Waals surface area (Å²) in [5.41, 5.74) is 6.51. The van der Waals surface area contributed by atoms with Gasteiger partial charge in [0.1, 0.15) is 12.1 Å². The molecule has 0 fully saturated rings. The number of nitrogens with zero attached hydrogens (tertiary/aromatic N) is 5. The number of furan rings is 1. The second-order valence-electron chi connectivity index (χ2n) is 8.16. The molecule has 0 atom stereocenters. The second-order valence-corrected chi connectivity index (χ2v) is 8.16. The summed E-state index contributed by atoms with van der Waals surface area (Å²) < 4.78 is 9.54. The molecule has 4 heterocycles. The van der Waals surface area contributed by atoms with Crippen LogP contribution in [0.25, 0.3) is 27.7 Å². The van der Waals surface area contributed by atoms with Gasteiger partial charge in [-0.15, -0.1) is 10.2 Å². The summed E-state index contributed by atoms with van der Waals surface area (Å²) in [6.07, 6.45) is 7.32. The van der Waals surface area contributed by atoms with Crippen LogP contribution in [-0.4, -0.2) is 24.1 Å². The Morgan fingerprint density at radius 3 is 2.88 bits per heavy atom. The van der Waals surface area contributed by atoms with E-state index >= 15 is 0 Å². The number of anilines is 1. The van der Waals surface area contributed by atoms with Gasteiger partial charge in [0.25, 0.3) is 0 Å². The summed E-state index contributed by atoms with van der Waals surface area (Å²) in [6.45, 7) is 3.50. The lowest BCUT2D eigenvalue weighted by atomic mass is 10.1. The van der Waals surface area contributed by atoms with Crippen molar-refractivity contribution in [3.05, 3.63) is 103 Å². The quantitative estimate of drug-likeness (QED) is 0.385. The molecule has 0 amide bonds. The van der Waals surface area contributed by atoms with Crippen LogP contribution >= 0.6 is 0 Å². The largest absolute Gasteiger partial charge is 0.467 e. The molecule has 33 heavy (non-hydrogen) atoms. The van der Waals surface area contributed by atoms with Gasteiger partial charge in [-0.05, 0) is 48.4 Å². The van der Waals surface area contributed by atoms with Gasteiger partial charge in [-0.3, -0.25) is 4.40 Å². The highest BCUT2D eigenvalue weighted by atomic mass is 16.3. The first kappa shape index (κ1) is 19.3. The number of fused-ring (bicyclic) bond motifs is 2. The van der Waals surface area contributed by atoms with E-state index in [4.69, 9.17) is 4.42 Å². The first-order valence-corrected chi connectivity index (χ1v) is 10.8. The molecule has 7 heteroatoms. The number of nitrogens with one attached hydrogen (secondary N) is 1. The minimum atomic E-state index is 0.535. The highest BCUT2D eigenvalue weighted by Crippen LogP contribution is 2.29. The molecule has 6 aromatic rings. The monoisotopic (exact) mass is 434 g/mol. The average Bonchev–Trinajstić information content (AvgIpc) is 3.59. The van der Waals surface area contributed by atoms with Crippen LogP contribution in [0, 0.1) is 6.92 Å². The van der Waals surface area contributed by atoms with Crippen LogP contribution in [0.4, 0.5) is 5.95 Å². The fourth-order valence-corrected chi connectivity index (χ4v) is 4.25. The van der Waals surface area contributed by atoms with Crippen molar-refractivity contribution >= 4 is 22.5 Å². The predicted octanol–water partition coefficient (Wildman–Crippen LogP) is 5.31. The van der Waals surface area contributed by atoms with E-state index in [1.54, 1.807) is 12.6 Å². The van der Waals surface area contributed by atoms with Crippen LogP contribution in [0.5, 0.6) is 0 Å². The summed E-state index contributed by atoms with van der Waals surface area (Å²) in [6, 6.07) is 21.0. The molecule has 0 aliphatic carbocycles. The van der Waals surface area contributed by atoms with E-state index in [1.807, 2.05) is 22.7 Å². The van der Waals surface area contributed by atoms with Gasteiger partial charge >= 0.3 is 0 Å². The van der Waals surface area contributed by atoms with Crippen LogP contribution in [0.2, 0.25) is 0 Å². The zero-order chi connectivity index (χ0) is 22.2. The SMILES string of the molecule is Cc1cccc(Cn2ccc3cc(-c4cnc(NCc5ccco5)n5cnnc45)ccc32)c1. The number of hydrogen-bond acceptors (Lipinski definition) is 5. The van der Waals surface area contributed by atoms with E-state index in [0.717, 1.165) is 29.1 Å². The highest BCUT2D eigenvalue weighted by molar-refractivity contribution is 5.88. The summed E-state index contributed by atoms with van der Waals surface area (Å²) in [7, 11) is 0. The van der Waals surface area contributed by atoms with Gasteiger partial charge < -0.3 is 14.3 Å². The van der Waals surface area contributed by atoms with Crippen LogP contribution < -0.4 is 5.32 Å².